The lowest BCUT2D eigenvalue weighted by molar-refractivity contribution is -0.119. The van der Waals surface area contributed by atoms with Crippen molar-refractivity contribution in [3.63, 3.8) is 0 Å². The third-order valence-electron chi connectivity index (χ3n) is 4.35. The maximum atomic E-state index is 14.4. The summed E-state index contributed by atoms with van der Waals surface area (Å²) >= 11 is 2.79. The van der Waals surface area contributed by atoms with Crippen molar-refractivity contribution in [3.05, 3.63) is 83.5 Å². The number of hydrogen-bond donors (Lipinski definition) is 1. The van der Waals surface area contributed by atoms with Crippen LogP contribution in [0.3, 0.4) is 0 Å². The van der Waals surface area contributed by atoms with Crippen LogP contribution >= 0.6 is 23.1 Å². The fraction of sp³-hybridized carbons (Fsp3) is 0.227. The van der Waals surface area contributed by atoms with E-state index in [0.29, 0.717) is 6.54 Å². The third-order valence-corrected chi connectivity index (χ3v) is 8.59. The molecule has 1 aromatic heterocycles. The van der Waals surface area contributed by atoms with Crippen molar-refractivity contribution >= 4 is 44.7 Å². The van der Waals surface area contributed by atoms with E-state index in [1.807, 2.05) is 18.2 Å². The van der Waals surface area contributed by atoms with Crippen molar-refractivity contribution in [2.45, 2.75) is 16.4 Å². The summed E-state index contributed by atoms with van der Waals surface area (Å²) in [6, 6.07) is 18.7. The van der Waals surface area contributed by atoms with Gasteiger partial charge in [-0.15, -0.1) is 11.3 Å². The smallest absolute Gasteiger partial charge is 0.274 e. The summed E-state index contributed by atoms with van der Waals surface area (Å²) in [5, 5.41) is 4.37. The predicted molar refractivity (Wildman–Crippen MR) is 125 cm³/mol. The van der Waals surface area contributed by atoms with Crippen LogP contribution in [0.1, 0.15) is 12.0 Å². The molecule has 0 unspecified atom stereocenters. The van der Waals surface area contributed by atoms with Crippen molar-refractivity contribution in [3.8, 4) is 0 Å². The molecule has 9 heteroatoms. The molecule has 0 fully saturated rings. The van der Waals surface area contributed by atoms with Gasteiger partial charge in [0.15, 0.2) is 0 Å². The molecule has 0 saturated heterocycles. The summed E-state index contributed by atoms with van der Waals surface area (Å²) in [5.74, 6) is 0.582. The molecule has 164 valence electrons. The predicted octanol–water partition coefficient (Wildman–Crippen LogP) is 4.52. The highest BCUT2D eigenvalue weighted by atomic mass is 32.2. The van der Waals surface area contributed by atoms with Crippen LogP contribution in [0.15, 0.2) is 76.3 Å². The van der Waals surface area contributed by atoms with Crippen LogP contribution in [0.4, 0.5) is 10.1 Å². The van der Waals surface area contributed by atoms with Gasteiger partial charge in [-0.05, 0) is 41.3 Å². The number of halogens is 1. The number of nitrogens with zero attached hydrogens (tertiary/aromatic N) is 1. The van der Waals surface area contributed by atoms with Crippen molar-refractivity contribution in [1.29, 1.82) is 0 Å². The van der Waals surface area contributed by atoms with Gasteiger partial charge in [-0.1, -0.05) is 48.5 Å². The van der Waals surface area contributed by atoms with Crippen LogP contribution in [0, 0.1) is 5.82 Å². The first kappa shape index (κ1) is 23.3. The minimum Gasteiger partial charge on any atom is -0.354 e. The van der Waals surface area contributed by atoms with E-state index >= 15 is 0 Å². The second-order valence-corrected chi connectivity index (χ2v) is 10.8. The summed E-state index contributed by atoms with van der Waals surface area (Å²) in [7, 11) is -4.05. The van der Waals surface area contributed by atoms with Gasteiger partial charge in [-0.25, -0.2) is 12.8 Å². The number of carbonyl (C=O) groups excluding carboxylic acids is 1. The zero-order valence-corrected chi connectivity index (χ0v) is 19.2. The van der Waals surface area contributed by atoms with Gasteiger partial charge in [0, 0.05) is 12.3 Å². The molecule has 5 nitrogen and oxygen atoms in total. The number of anilines is 1. The van der Waals surface area contributed by atoms with E-state index in [4.69, 9.17) is 0 Å². The van der Waals surface area contributed by atoms with Gasteiger partial charge in [-0.3, -0.25) is 9.10 Å². The number of carbonyl (C=O) groups is 1. The van der Waals surface area contributed by atoms with Crippen molar-refractivity contribution in [1.82, 2.24) is 5.32 Å². The second kappa shape index (κ2) is 11.3. The first-order valence-electron chi connectivity index (χ1n) is 9.67. The van der Waals surface area contributed by atoms with Crippen LogP contribution in [0.2, 0.25) is 0 Å². The van der Waals surface area contributed by atoms with E-state index in [-0.39, 0.29) is 9.90 Å². The Morgan fingerprint density at radius 2 is 1.77 bits per heavy atom. The number of thiophene rings is 1. The Balaban J connectivity index is 1.56. The number of hydrogen-bond acceptors (Lipinski definition) is 5. The Kier molecular flexibility index (Phi) is 8.51. The molecule has 31 heavy (non-hydrogen) atoms. The van der Waals surface area contributed by atoms with Gasteiger partial charge in [-0.2, -0.15) is 11.8 Å². The summed E-state index contributed by atoms with van der Waals surface area (Å²) in [6.45, 7) is -0.0664. The topological polar surface area (TPSA) is 66.5 Å². The monoisotopic (exact) mass is 478 g/mol. The van der Waals surface area contributed by atoms with Gasteiger partial charge < -0.3 is 5.32 Å². The molecular formula is C22H23FN2O3S3. The Hall–Kier alpha value is -2.36. The Morgan fingerprint density at radius 3 is 2.48 bits per heavy atom. The maximum Gasteiger partial charge on any atom is 0.274 e. The van der Waals surface area contributed by atoms with Crippen LogP contribution in [-0.2, 0) is 20.6 Å². The maximum absolute atomic E-state index is 14.4. The van der Waals surface area contributed by atoms with Crippen molar-refractivity contribution in [2.24, 2.45) is 0 Å². The molecule has 0 saturated carbocycles. The molecular weight excluding hydrogens is 455 g/mol. The van der Waals surface area contributed by atoms with Crippen LogP contribution in [0.5, 0.6) is 0 Å². The first-order valence-corrected chi connectivity index (χ1v) is 13.1. The SMILES string of the molecule is O=C(CN(c1ccccc1F)S(=O)(=O)c1cccs1)NCCCSCc1ccccc1. The zero-order chi connectivity index (χ0) is 22.1. The lowest BCUT2D eigenvalue weighted by Gasteiger charge is -2.23. The lowest BCUT2D eigenvalue weighted by Crippen LogP contribution is -2.41. The van der Waals surface area contributed by atoms with E-state index in [2.05, 4.69) is 17.4 Å². The normalized spacial score (nSPS) is 11.3. The number of nitrogens with one attached hydrogen (secondary N) is 1. The fourth-order valence-corrected chi connectivity index (χ4v) is 6.28. The van der Waals surface area contributed by atoms with Crippen molar-refractivity contribution < 1.29 is 17.6 Å². The molecule has 0 atom stereocenters. The van der Waals surface area contributed by atoms with E-state index in [1.54, 1.807) is 23.2 Å². The largest absolute Gasteiger partial charge is 0.354 e. The Morgan fingerprint density at radius 1 is 1.03 bits per heavy atom. The standard InChI is InChI=1S/C22H23FN2O3S3/c23-19-10-4-5-11-20(19)25(31(27,28)22-12-6-15-30-22)16-21(26)24-13-7-14-29-17-18-8-2-1-3-9-18/h1-6,8-12,15H,7,13-14,16-17H2,(H,24,26). The molecule has 1 amide bonds. The summed E-state index contributed by atoms with van der Waals surface area (Å²) in [4.78, 5) is 12.5. The van der Waals surface area contributed by atoms with E-state index in [9.17, 15) is 17.6 Å². The van der Waals surface area contributed by atoms with E-state index in [0.717, 1.165) is 33.6 Å². The number of para-hydroxylation sites is 1. The fourth-order valence-electron chi connectivity index (χ4n) is 2.83. The summed E-state index contributed by atoms with van der Waals surface area (Å²) in [5.41, 5.74) is 1.10. The molecule has 0 spiro atoms. The molecule has 1 N–H and O–H groups in total. The average Bonchev–Trinajstić information content (AvgIpc) is 3.32. The minimum atomic E-state index is -4.05. The van der Waals surface area contributed by atoms with Crippen LogP contribution < -0.4 is 9.62 Å². The molecule has 2 aromatic carbocycles. The molecule has 0 bridgehead atoms. The average molecular weight is 479 g/mol. The van der Waals surface area contributed by atoms with E-state index < -0.39 is 28.3 Å². The zero-order valence-electron chi connectivity index (χ0n) is 16.7. The summed E-state index contributed by atoms with van der Waals surface area (Å²) in [6.07, 6.45) is 0.751. The van der Waals surface area contributed by atoms with E-state index in [1.165, 1.54) is 35.9 Å². The highest BCUT2D eigenvalue weighted by Crippen LogP contribution is 2.28. The van der Waals surface area contributed by atoms with Gasteiger partial charge in [0.1, 0.15) is 16.6 Å². The summed E-state index contributed by atoms with van der Waals surface area (Å²) < 4.78 is 41.3. The molecule has 0 aliphatic carbocycles. The van der Waals surface area contributed by atoms with Gasteiger partial charge >= 0.3 is 0 Å². The van der Waals surface area contributed by atoms with Gasteiger partial charge in [0.25, 0.3) is 10.0 Å². The number of thioether (sulfide) groups is 1. The lowest BCUT2D eigenvalue weighted by atomic mass is 10.2. The minimum absolute atomic E-state index is 0.0564. The van der Waals surface area contributed by atoms with Crippen LogP contribution in [0.25, 0.3) is 0 Å². The van der Waals surface area contributed by atoms with Crippen molar-refractivity contribution in [2.75, 3.05) is 23.1 Å². The number of sulfonamides is 1. The number of benzene rings is 2. The Bertz CT molecular complexity index is 1070. The molecule has 0 aliphatic heterocycles. The third kappa shape index (κ3) is 6.56. The Labute approximate surface area is 190 Å². The quantitative estimate of drug-likeness (QED) is 0.412. The highest BCUT2D eigenvalue weighted by Gasteiger charge is 2.29. The van der Waals surface area contributed by atoms with Gasteiger partial charge in [0.05, 0.1) is 5.69 Å². The van der Waals surface area contributed by atoms with Crippen LogP contribution in [-0.4, -0.2) is 33.2 Å². The molecule has 3 aromatic rings. The molecule has 1 heterocycles. The molecule has 3 rings (SSSR count). The second-order valence-electron chi connectivity index (χ2n) is 6.64. The molecule has 0 radical (unpaired) electrons. The molecule has 0 aliphatic rings. The highest BCUT2D eigenvalue weighted by molar-refractivity contribution is 7.98. The number of amides is 1. The van der Waals surface area contributed by atoms with Gasteiger partial charge in [0.2, 0.25) is 5.91 Å². The first-order chi connectivity index (χ1) is 15.0. The number of rotatable bonds is 11.